The Labute approximate surface area is 225 Å². The lowest BCUT2D eigenvalue weighted by Gasteiger charge is -2.40. The van der Waals surface area contributed by atoms with Crippen molar-refractivity contribution < 1.29 is 23.8 Å². The molecule has 2 saturated heterocycles. The summed E-state index contributed by atoms with van der Waals surface area (Å²) in [4.78, 5) is 27.5. The third kappa shape index (κ3) is 5.68. The minimum Gasteiger partial charge on any atom is -0.495 e. The second kappa shape index (κ2) is 10.3. The third-order valence-electron chi connectivity index (χ3n) is 8.33. The summed E-state index contributed by atoms with van der Waals surface area (Å²) >= 11 is 6.65. The summed E-state index contributed by atoms with van der Waals surface area (Å²) in [5, 5.41) is 3.43. The molecule has 1 aromatic rings. The van der Waals surface area contributed by atoms with E-state index in [1.54, 1.807) is 19.1 Å². The maximum Gasteiger partial charge on any atom is 0.407 e. The van der Waals surface area contributed by atoms with Crippen LogP contribution in [0.1, 0.15) is 59.4 Å². The largest absolute Gasteiger partial charge is 0.495 e. The number of fused-ring (bicyclic) bond motifs is 5. The molecular weight excluding hydrogens is 492 g/mol. The van der Waals surface area contributed by atoms with Crippen molar-refractivity contribution in [2.75, 3.05) is 19.1 Å². The Morgan fingerprint density at radius 2 is 1.95 bits per heavy atom. The highest BCUT2D eigenvalue weighted by Crippen LogP contribution is 2.50. The number of nitrogens with zero attached hydrogens (tertiary/aromatic N) is 1. The number of methoxy groups -OCH3 is 1. The molecule has 0 spiro atoms. The first-order valence-corrected chi connectivity index (χ1v) is 13.4. The fourth-order valence-electron chi connectivity index (χ4n) is 5.65. The monoisotopic (exact) mass is 530 g/mol. The molecule has 3 aliphatic rings. The number of benzene rings is 1. The number of rotatable bonds is 1. The number of ether oxygens (including phenoxy) is 3. The van der Waals surface area contributed by atoms with Gasteiger partial charge in [-0.15, -0.1) is 0 Å². The minimum absolute atomic E-state index is 0.00533. The van der Waals surface area contributed by atoms with Crippen molar-refractivity contribution in [2.45, 2.75) is 83.6 Å². The number of allylic oxidation sites excluding steroid dienone is 3. The Bertz CT molecular complexity index is 1130. The van der Waals surface area contributed by atoms with Crippen molar-refractivity contribution in [1.29, 1.82) is 0 Å². The maximum atomic E-state index is 13.4. The van der Waals surface area contributed by atoms with Crippen LogP contribution in [0.4, 0.5) is 10.5 Å². The number of carbonyl (C=O) groups is 2. The summed E-state index contributed by atoms with van der Waals surface area (Å²) in [5.41, 5.74) is 1.88. The van der Waals surface area contributed by atoms with Gasteiger partial charge in [0.2, 0.25) is 5.91 Å². The lowest BCUT2D eigenvalue weighted by Crippen LogP contribution is -2.56. The Balaban J connectivity index is 1.70. The van der Waals surface area contributed by atoms with Crippen molar-refractivity contribution in [3.63, 3.8) is 0 Å². The minimum atomic E-state index is -0.475. The van der Waals surface area contributed by atoms with E-state index in [-0.39, 0.29) is 30.0 Å². The van der Waals surface area contributed by atoms with Crippen molar-refractivity contribution in [3.8, 4) is 5.75 Å². The van der Waals surface area contributed by atoms with Crippen LogP contribution >= 0.6 is 11.6 Å². The zero-order valence-electron chi connectivity index (χ0n) is 22.9. The van der Waals surface area contributed by atoms with Gasteiger partial charge >= 0.3 is 6.09 Å². The van der Waals surface area contributed by atoms with Gasteiger partial charge in [0.1, 0.15) is 16.9 Å². The number of nitrogens with one attached hydrogen (secondary N) is 1. The molecule has 7 nitrogen and oxygen atoms in total. The van der Waals surface area contributed by atoms with Gasteiger partial charge in [0.15, 0.2) is 0 Å². The molecule has 0 radical (unpaired) electrons. The molecule has 37 heavy (non-hydrogen) atoms. The van der Waals surface area contributed by atoms with Gasteiger partial charge in [-0.05, 0) is 57.2 Å². The van der Waals surface area contributed by atoms with E-state index >= 15 is 0 Å². The Morgan fingerprint density at radius 1 is 1.22 bits per heavy atom. The third-order valence-corrected chi connectivity index (χ3v) is 8.71. The molecule has 4 rings (SSSR count). The van der Waals surface area contributed by atoms with Crippen LogP contribution < -0.4 is 15.0 Å². The molecule has 0 unspecified atom stereocenters. The van der Waals surface area contributed by atoms with E-state index < -0.39 is 17.2 Å². The van der Waals surface area contributed by atoms with Crippen LogP contribution in [0.25, 0.3) is 0 Å². The van der Waals surface area contributed by atoms with Crippen LogP contribution in [0.3, 0.4) is 0 Å². The second-order valence-electron chi connectivity index (χ2n) is 11.4. The molecule has 0 saturated carbocycles. The fraction of sp³-hybridized carbons (Fsp3) is 0.586. The summed E-state index contributed by atoms with van der Waals surface area (Å²) in [6.07, 6.45) is 7.77. The number of anilines is 1. The van der Waals surface area contributed by atoms with Gasteiger partial charge < -0.3 is 24.4 Å². The van der Waals surface area contributed by atoms with Crippen molar-refractivity contribution >= 4 is 29.3 Å². The average molecular weight is 531 g/mol. The molecule has 1 aromatic carbocycles. The van der Waals surface area contributed by atoms with E-state index in [1.807, 2.05) is 32.1 Å². The number of epoxide rings is 1. The lowest BCUT2D eigenvalue weighted by molar-refractivity contribution is -0.119. The van der Waals surface area contributed by atoms with Gasteiger partial charge in [0, 0.05) is 31.3 Å². The fourth-order valence-corrected chi connectivity index (χ4v) is 5.96. The van der Waals surface area contributed by atoms with Crippen LogP contribution in [0, 0.1) is 11.8 Å². The van der Waals surface area contributed by atoms with Gasteiger partial charge in [-0.25, -0.2) is 4.79 Å². The van der Waals surface area contributed by atoms with Gasteiger partial charge in [-0.3, -0.25) is 4.79 Å². The molecule has 8 heteroatoms. The first-order valence-electron chi connectivity index (χ1n) is 13.0. The van der Waals surface area contributed by atoms with E-state index in [0.717, 1.165) is 11.1 Å². The van der Waals surface area contributed by atoms with E-state index in [0.29, 0.717) is 42.1 Å². The van der Waals surface area contributed by atoms with E-state index in [4.69, 9.17) is 25.8 Å². The standard InChI is InChI=1S/C29H39ClN2O5/c1-17-10-8-9-11-28(4)16-23(36-27(34)31-28)19(3)26-29(5,37-26)18(2)13-24(33)32(6)21-14-20(12-17)15-22(35-7)25(21)30/h8-10,14-15,18-19,23,26H,11-13,16H2,1-7H3,(H,31,34)/b9-8+,17-10+/t18-,19+,23-,26-,28-,29-/m0/s1. The first kappa shape index (κ1) is 27.5. The summed E-state index contributed by atoms with van der Waals surface area (Å²) in [7, 11) is 3.33. The van der Waals surface area contributed by atoms with E-state index in [1.165, 1.54) is 0 Å². The zero-order chi connectivity index (χ0) is 27.1. The Kier molecular flexibility index (Phi) is 7.69. The molecule has 0 aromatic heterocycles. The van der Waals surface area contributed by atoms with Crippen LogP contribution in [-0.2, 0) is 20.7 Å². The van der Waals surface area contributed by atoms with E-state index in [9.17, 15) is 9.59 Å². The maximum absolute atomic E-state index is 13.4. The number of amides is 2. The number of hydrogen-bond acceptors (Lipinski definition) is 5. The van der Waals surface area contributed by atoms with Crippen LogP contribution in [0.5, 0.6) is 5.75 Å². The number of carbonyl (C=O) groups excluding carboxylic acids is 2. The summed E-state index contributed by atoms with van der Waals surface area (Å²) in [6.45, 7) is 10.3. The van der Waals surface area contributed by atoms with Crippen molar-refractivity contribution in [2.24, 2.45) is 11.8 Å². The molecule has 3 aliphatic heterocycles. The number of halogens is 1. The first-order chi connectivity index (χ1) is 17.4. The number of hydrogen-bond donors (Lipinski definition) is 1. The lowest BCUT2D eigenvalue weighted by atomic mass is 9.79. The average Bonchev–Trinajstić information content (AvgIpc) is 3.53. The Morgan fingerprint density at radius 3 is 2.65 bits per heavy atom. The summed E-state index contributed by atoms with van der Waals surface area (Å²) < 4.78 is 17.5. The highest BCUT2D eigenvalue weighted by atomic mass is 35.5. The van der Waals surface area contributed by atoms with E-state index in [2.05, 4.69) is 38.2 Å². The van der Waals surface area contributed by atoms with Crippen LogP contribution in [0.15, 0.2) is 35.9 Å². The molecular formula is C29H39ClN2O5. The second-order valence-corrected chi connectivity index (χ2v) is 11.8. The smallest absolute Gasteiger partial charge is 0.407 e. The van der Waals surface area contributed by atoms with Gasteiger partial charge in [-0.2, -0.15) is 0 Å². The molecule has 6 atom stereocenters. The zero-order valence-corrected chi connectivity index (χ0v) is 23.6. The molecule has 4 bridgehead atoms. The number of alkyl carbamates (subject to hydrolysis) is 1. The highest BCUT2D eigenvalue weighted by Gasteiger charge is 2.60. The van der Waals surface area contributed by atoms with Crippen LogP contribution in [0.2, 0.25) is 5.02 Å². The SMILES string of the molecule is COc1cc2cc(c1Cl)N(C)C(=O)C[C@H](C)[C@]1(C)O[C@H]1[C@H](C)[C@@H]1C[C@](C)(C/C=C/C=C(\C)C2)NC(=O)O1. The normalized spacial score (nSPS) is 37.0. The van der Waals surface area contributed by atoms with Crippen LogP contribution in [-0.4, -0.2) is 49.5 Å². The molecule has 0 aliphatic carbocycles. The predicted molar refractivity (Wildman–Crippen MR) is 145 cm³/mol. The van der Waals surface area contributed by atoms with Gasteiger partial charge in [-0.1, -0.05) is 49.2 Å². The molecule has 3 heterocycles. The van der Waals surface area contributed by atoms with Crippen molar-refractivity contribution in [3.05, 3.63) is 46.5 Å². The summed E-state index contributed by atoms with van der Waals surface area (Å²) in [5.74, 6) is 0.441. The summed E-state index contributed by atoms with van der Waals surface area (Å²) in [6, 6.07) is 3.88. The molecule has 202 valence electrons. The van der Waals surface area contributed by atoms with Gasteiger partial charge in [0.25, 0.3) is 0 Å². The van der Waals surface area contributed by atoms with Gasteiger partial charge in [0.05, 0.1) is 24.5 Å². The molecule has 2 amide bonds. The molecule has 1 N–H and O–H groups in total. The topological polar surface area (TPSA) is 80.4 Å². The highest BCUT2D eigenvalue weighted by molar-refractivity contribution is 6.35. The molecule has 2 fully saturated rings. The van der Waals surface area contributed by atoms with Crippen molar-refractivity contribution in [1.82, 2.24) is 5.32 Å². The Hall–Kier alpha value is -2.51. The quantitative estimate of drug-likeness (QED) is 0.461. The predicted octanol–water partition coefficient (Wildman–Crippen LogP) is 5.84.